The molecule has 1 aliphatic rings. The van der Waals surface area contributed by atoms with Gasteiger partial charge in [-0.1, -0.05) is 12.1 Å². The molecule has 4 nitrogen and oxygen atoms in total. The topological polar surface area (TPSA) is 60.2 Å². The van der Waals surface area contributed by atoms with Crippen LogP contribution in [0.3, 0.4) is 0 Å². The molecule has 0 bridgehead atoms. The number of aldehydes is 1. The highest BCUT2D eigenvalue weighted by Crippen LogP contribution is 2.32. The number of carbonyl (C=O) groups is 1. The number of non-ortho nitro benzene ring substituents is 1. The van der Waals surface area contributed by atoms with E-state index in [0.717, 1.165) is 48.7 Å². The number of nitrogens with zero attached hydrogens (tertiary/aromatic N) is 1. The molecule has 1 aromatic rings. The predicted octanol–water partition coefficient (Wildman–Crippen LogP) is 3.12. The van der Waals surface area contributed by atoms with Gasteiger partial charge in [0.2, 0.25) is 0 Å². The summed E-state index contributed by atoms with van der Waals surface area (Å²) in [5.41, 5.74) is 2.64. The number of benzene rings is 1. The largest absolute Gasteiger partial charge is 0.298 e. The molecule has 0 amide bonds. The highest BCUT2D eigenvalue weighted by molar-refractivity contribution is 5.89. The van der Waals surface area contributed by atoms with Crippen LogP contribution in [0, 0.1) is 10.1 Å². The van der Waals surface area contributed by atoms with Gasteiger partial charge in [0.1, 0.15) is 6.29 Å². The minimum atomic E-state index is -0.409. The molecular formula is C13H13NO3. The number of carbonyl (C=O) groups excluding carboxylic acids is 1. The Morgan fingerprint density at radius 1 is 1.24 bits per heavy atom. The van der Waals surface area contributed by atoms with E-state index >= 15 is 0 Å². The Kier molecular flexibility index (Phi) is 3.32. The van der Waals surface area contributed by atoms with E-state index in [9.17, 15) is 14.9 Å². The van der Waals surface area contributed by atoms with Crippen molar-refractivity contribution < 1.29 is 9.72 Å². The van der Waals surface area contributed by atoms with Gasteiger partial charge < -0.3 is 0 Å². The molecule has 0 aromatic heterocycles. The van der Waals surface area contributed by atoms with E-state index in [4.69, 9.17) is 0 Å². The molecule has 0 atom stereocenters. The molecule has 88 valence electrons. The highest BCUT2D eigenvalue weighted by Gasteiger charge is 2.15. The van der Waals surface area contributed by atoms with Crippen molar-refractivity contribution in [1.29, 1.82) is 0 Å². The number of hydrogen-bond donors (Lipinski definition) is 0. The van der Waals surface area contributed by atoms with Crippen molar-refractivity contribution in [1.82, 2.24) is 0 Å². The second kappa shape index (κ2) is 4.91. The van der Waals surface area contributed by atoms with E-state index in [1.165, 1.54) is 6.07 Å². The second-order valence-corrected chi connectivity index (χ2v) is 4.14. The van der Waals surface area contributed by atoms with Crippen molar-refractivity contribution in [2.45, 2.75) is 25.7 Å². The van der Waals surface area contributed by atoms with Crippen LogP contribution in [0.4, 0.5) is 5.69 Å². The number of hydrogen-bond acceptors (Lipinski definition) is 3. The molecule has 0 saturated heterocycles. The van der Waals surface area contributed by atoms with Crippen LogP contribution in [0.15, 0.2) is 29.8 Å². The first-order chi connectivity index (χ1) is 8.22. The maximum absolute atomic E-state index is 11.0. The van der Waals surface area contributed by atoms with Gasteiger partial charge in [-0.25, -0.2) is 0 Å². The molecule has 17 heavy (non-hydrogen) atoms. The normalized spacial score (nSPS) is 15.8. The number of allylic oxidation sites excluding steroid dienone is 2. The third-order valence-electron chi connectivity index (χ3n) is 3.06. The molecule has 2 rings (SSSR count). The number of nitro groups is 1. The van der Waals surface area contributed by atoms with Crippen LogP contribution in [0.5, 0.6) is 0 Å². The molecular weight excluding hydrogens is 218 g/mol. The molecule has 0 N–H and O–H groups in total. The number of rotatable bonds is 3. The molecule has 0 unspecified atom stereocenters. The highest BCUT2D eigenvalue weighted by atomic mass is 16.6. The minimum Gasteiger partial charge on any atom is -0.298 e. The quantitative estimate of drug-likeness (QED) is 0.456. The molecule has 0 heterocycles. The zero-order chi connectivity index (χ0) is 12.3. The third kappa shape index (κ3) is 2.41. The SMILES string of the molecule is O=CC1=C(c2cccc([N+](=O)[O-])c2)CCCC1. The van der Waals surface area contributed by atoms with Crippen LogP contribution in [-0.2, 0) is 4.79 Å². The van der Waals surface area contributed by atoms with Crippen molar-refractivity contribution in [3.63, 3.8) is 0 Å². The fourth-order valence-electron chi connectivity index (χ4n) is 2.20. The summed E-state index contributed by atoms with van der Waals surface area (Å²) in [6.45, 7) is 0. The third-order valence-corrected chi connectivity index (χ3v) is 3.06. The van der Waals surface area contributed by atoms with Crippen molar-refractivity contribution >= 4 is 17.5 Å². The van der Waals surface area contributed by atoms with Crippen LogP contribution in [0.25, 0.3) is 5.57 Å². The van der Waals surface area contributed by atoms with E-state index in [-0.39, 0.29) is 5.69 Å². The summed E-state index contributed by atoms with van der Waals surface area (Å²) in [7, 11) is 0. The Morgan fingerprint density at radius 2 is 2.00 bits per heavy atom. The van der Waals surface area contributed by atoms with Crippen molar-refractivity contribution in [3.05, 3.63) is 45.5 Å². The lowest BCUT2D eigenvalue weighted by molar-refractivity contribution is -0.384. The Labute approximate surface area is 99.1 Å². The van der Waals surface area contributed by atoms with Gasteiger partial charge in [-0.05, 0) is 42.4 Å². The van der Waals surface area contributed by atoms with E-state index < -0.39 is 4.92 Å². The van der Waals surface area contributed by atoms with Gasteiger partial charge >= 0.3 is 0 Å². The van der Waals surface area contributed by atoms with Gasteiger partial charge in [0.05, 0.1) is 4.92 Å². The summed E-state index contributed by atoms with van der Waals surface area (Å²) in [6, 6.07) is 6.51. The molecule has 0 spiro atoms. The minimum absolute atomic E-state index is 0.0748. The van der Waals surface area contributed by atoms with Crippen molar-refractivity contribution in [2.75, 3.05) is 0 Å². The maximum Gasteiger partial charge on any atom is 0.270 e. The zero-order valence-corrected chi connectivity index (χ0v) is 9.39. The van der Waals surface area contributed by atoms with Gasteiger partial charge in [-0.3, -0.25) is 14.9 Å². The summed E-state index contributed by atoms with van der Waals surface area (Å²) >= 11 is 0. The smallest absolute Gasteiger partial charge is 0.270 e. The maximum atomic E-state index is 11.0. The Hall–Kier alpha value is -1.97. The second-order valence-electron chi connectivity index (χ2n) is 4.14. The van der Waals surface area contributed by atoms with Crippen molar-refractivity contribution in [3.8, 4) is 0 Å². The average molecular weight is 231 g/mol. The van der Waals surface area contributed by atoms with Crippen LogP contribution < -0.4 is 0 Å². The van der Waals surface area contributed by atoms with Crippen LogP contribution in [0.2, 0.25) is 0 Å². The Balaban J connectivity index is 2.45. The molecule has 0 radical (unpaired) electrons. The van der Waals surface area contributed by atoms with Crippen LogP contribution in [0.1, 0.15) is 31.2 Å². The lowest BCUT2D eigenvalue weighted by Gasteiger charge is -2.16. The first kappa shape index (κ1) is 11.5. The van der Waals surface area contributed by atoms with Gasteiger partial charge in [-0.15, -0.1) is 0 Å². The standard InChI is InChI=1S/C13H13NO3/c15-9-11-4-1-2-7-13(11)10-5-3-6-12(8-10)14(16)17/h3,5-6,8-9H,1-2,4,7H2. The summed E-state index contributed by atoms with van der Waals surface area (Å²) in [4.78, 5) is 21.3. The number of nitro benzene ring substituents is 1. The monoisotopic (exact) mass is 231 g/mol. The molecule has 0 fully saturated rings. The fourth-order valence-corrected chi connectivity index (χ4v) is 2.20. The van der Waals surface area contributed by atoms with E-state index in [1.807, 2.05) is 6.07 Å². The summed E-state index contributed by atoms with van der Waals surface area (Å²) in [5, 5.41) is 10.7. The Bertz CT molecular complexity index is 491. The molecule has 1 aromatic carbocycles. The van der Waals surface area contributed by atoms with E-state index in [1.54, 1.807) is 12.1 Å². The first-order valence-electron chi connectivity index (χ1n) is 5.64. The molecule has 1 aliphatic carbocycles. The molecule has 4 heteroatoms. The van der Waals surface area contributed by atoms with Gasteiger partial charge in [-0.2, -0.15) is 0 Å². The van der Waals surface area contributed by atoms with Gasteiger partial charge in [0, 0.05) is 12.1 Å². The van der Waals surface area contributed by atoms with Crippen LogP contribution in [-0.4, -0.2) is 11.2 Å². The van der Waals surface area contributed by atoms with Gasteiger partial charge in [0.25, 0.3) is 5.69 Å². The first-order valence-corrected chi connectivity index (χ1v) is 5.64. The van der Waals surface area contributed by atoms with E-state index in [0.29, 0.717) is 0 Å². The Morgan fingerprint density at radius 3 is 2.71 bits per heavy atom. The van der Waals surface area contributed by atoms with E-state index in [2.05, 4.69) is 0 Å². The lowest BCUT2D eigenvalue weighted by Crippen LogP contribution is -2.01. The van der Waals surface area contributed by atoms with Crippen LogP contribution >= 0.6 is 0 Å². The molecule has 0 saturated carbocycles. The van der Waals surface area contributed by atoms with Gasteiger partial charge in [0.15, 0.2) is 0 Å². The zero-order valence-electron chi connectivity index (χ0n) is 9.39. The average Bonchev–Trinajstić information content (AvgIpc) is 2.39. The fraction of sp³-hybridized carbons (Fsp3) is 0.308. The summed E-state index contributed by atoms with van der Waals surface area (Å²) in [6.07, 6.45) is 4.55. The predicted molar refractivity (Wildman–Crippen MR) is 64.5 cm³/mol. The lowest BCUT2D eigenvalue weighted by atomic mass is 9.88. The summed E-state index contributed by atoms with van der Waals surface area (Å²) in [5.74, 6) is 0. The summed E-state index contributed by atoms with van der Waals surface area (Å²) < 4.78 is 0. The van der Waals surface area contributed by atoms with Crippen molar-refractivity contribution in [2.24, 2.45) is 0 Å². The molecule has 0 aliphatic heterocycles.